The van der Waals surface area contributed by atoms with Gasteiger partial charge in [-0.2, -0.15) is 0 Å². The fourth-order valence-corrected chi connectivity index (χ4v) is 2.86. The molecule has 0 fully saturated rings. The zero-order chi connectivity index (χ0) is 16.2. The van der Waals surface area contributed by atoms with Crippen molar-refractivity contribution in [2.24, 2.45) is 0 Å². The van der Waals surface area contributed by atoms with E-state index in [0.29, 0.717) is 17.4 Å². The smallest absolute Gasteiger partial charge is 0.261 e. The lowest BCUT2D eigenvalue weighted by Crippen LogP contribution is -2.34. The van der Waals surface area contributed by atoms with E-state index in [9.17, 15) is 9.59 Å². The summed E-state index contributed by atoms with van der Waals surface area (Å²) in [7, 11) is 0. The summed E-state index contributed by atoms with van der Waals surface area (Å²) in [6, 6.07) is 5.33. The maximum atomic E-state index is 12.4. The predicted octanol–water partition coefficient (Wildman–Crippen LogP) is 1.62. The van der Waals surface area contributed by atoms with E-state index >= 15 is 0 Å². The minimum Gasteiger partial charge on any atom is -0.351 e. The molecule has 0 atom stereocenters. The largest absolute Gasteiger partial charge is 0.351 e. The van der Waals surface area contributed by atoms with Crippen molar-refractivity contribution in [3.05, 3.63) is 51.0 Å². The van der Waals surface area contributed by atoms with Gasteiger partial charge in [0.05, 0.1) is 17.2 Å². The molecule has 2 aromatic rings. The topological polar surface area (TPSA) is 76.0 Å². The van der Waals surface area contributed by atoms with Crippen molar-refractivity contribution in [1.82, 2.24) is 20.2 Å². The Morgan fingerprint density at radius 3 is 3.00 bits per heavy atom. The van der Waals surface area contributed by atoms with Crippen molar-refractivity contribution in [3.63, 3.8) is 0 Å². The number of benzene rings is 1. The summed E-state index contributed by atoms with van der Waals surface area (Å²) in [6.45, 7) is 2.28. The lowest BCUT2D eigenvalue weighted by Gasteiger charge is -2.14. The molecular weight excluding hydrogens is 396 g/mol. The highest BCUT2D eigenvalue weighted by molar-refractivity contribution is 9.10. The van der Waals surface area contributed by atoms with E-state index in [1.165, 1.54) is 16.5 Å². The van der Waals surface area contributed by atoms with E-state index in [2.05, 4.69) is 37.6 Å². The highest BCUT2D eigenvalue weighted by Gasteiger charge is 2.10. The average molecular weight is 414 g/mol. The van der Waals surface area contributed by atoms with Gasteiger partial charge in [-0.1, -0.05) is 27.6 Å². The van der Waals surface area contributed by atoms with Crippen LogP contribution in [0.3, 0.4) is 0 Å². The van der Waals surface area contributed by atoms with Gasteiger partial charge in [0.25, 0.3) is 5.56 Å². The summed E-state index contributed by atoms with van der Waals surface area (Å²) in [5.41, 5.74) is 1.62. The Morgan fingerprint density at radius 2 is 2.25 bits per heavy atom. The summed E-state index contributed by atoms with van der Waals surface area (Å²) in [5, 5.41) is 6.58. The minimum atomic E-state index is -0.215. The van der Waals surface area contributed by atoms with E-state index in [1.54, 1.807) is 12.1 Å². The summed E-state index contributed by atoms with van der Waals surface area (Å²) in [4.78, 5) is 28.7. The molecule has 1 aliphatic heterocycles. The molecule has 2 heterocycles. The zero-order valence-electron chi connectivity index (χ0n) is 12.9. The van der Waals surface area contributed by atoms with Crippen molar-refractivity contribution in [2.75, 3.05) is 19.6 Å². The molecule has 6 nitrogen and oxygen atoms in total. The molecular formula is C16H18BrClN4O2. The molecule has 24 heavy (non-hydrogen) atoms. The van der Waals surface area contributed by atoms with Gasteiger partial charge in [-0.3, -0.25) is 14.2 Å². The Hall–Kier alpha value is -1.70. The number of halogens is 2. The monoisotopic (exact) mass is 412 g/mol. The number of nitrogens with zero attached hydrogens (tertiary/aromatic N) is 2. The van der Waals surface area contributed by atoms with Gasteiger partial charge in [-0.05, 0) is 31.2 Å². The molecule has 0 saturated carbocycles. The normalized spacial score (nSPS) is 14.0. The summed E-state index contributed by atoms with van der Waals surface area (Å²) < 4.78 is 2.14. The Balaban J connectivity index is 0.00000208. The van der Waals surface area contributed by atoms with Crippen molar-refractivity contribution < 1.29 is 4.79 Å². The number of aromatic nitrogens is 2. The number of hydrogen-bond donors (Lipinski definition) is 2. The molecule has 0 radical (unpaired) electrons. The van der Waals surface area contributed by atoms with Crippen molar-refractivity contribution in [3.8, 4) is 0 Å². The van der Waals surface area contributed by atoms with Crippen LogP contribution in [0.5, 0.6) is 0 Å². The van der Waals surface area contributed by atoms with Gasteiger partial charge in [0.15, 0.2) is 0 Å². The van der Waals surface area contributed by atoms with Crippen LogP contribution >= 0.6 is 28.3 Å². The van der Waals surface area contributed by atoms with E-state index in [-0.39, 0.29) is 30.4 Å². The van der Waals surface area contributed by atoms with Gasteiger partial charge in [0.2, 0.25) is 5.91 Å². The predicted molar refractivity (Wildman–Crippen MR) is 99.5 cm³/mol. The van der Waals surface area contributed by atoms with Crippen molar-refractivity contribution >= 4 is 45.1 Å². The number of fused-ring (bicyclic) bond motifs is 1. The van der Waals surface area contributed by atoms with E-state index < -0.39 is 0 Å². The van der Waals surface area contributed by atoms with Gasteiger partial charge in [-0.15, -0.1) is 12.4 Å². The first kappa shape index (κ1) is 18.6. The highest BCUT2D eigenvalue weighted by Crippen LogP contribution is 2.14. The summed E-state index contributed by atoms with van der Waals surface area (Å²) in [6.07, 6.45) is 4.44. The van der Waals surface area contributed by atoms with E-state index in [4.69, 9.17) is 0 Å². The molecule has 0 aliphatic carbocycles. The SMILES string of the molecule is Cl.O=C(Cn1cnc2ccc(Br)cc2c1=O)NCC1=CCNCC1. The van der Waals surface area contributed by atoms with Crippen LogP contribution in [0, 0.1) is 0 Å². The molecule has 0 unspecified atom stereocenters. The highest BCUT2D eigenvalue weighted by atomic mass is 79.9. The molecule has 0 saturated heterocycles. The first-order valence-electron chi connectivity index (χ1n) is 7.43. The molecule has 3 rings (SSSR count). The van der Waals surface area contributed by atoms with Crippen LogP contribution in [0.2, 0.25) is 0 Å². The lowest BCUT2D eigenvalue weighted by atomic mass is 10.1. The molecule has 8 heteroatoms. The van der Waals surface area contributed by atoms with Gasteiger partial charge in [0.1, 0.15) is 6.54 Å². The number of nitrogens with one attached hydrogen (secondary N) is 2. The third-order valence-electron chi connectivity index (χ3n) is 3.77. The lowest BCUT2D eigenvalue weighted by molar-refractivity contribution is -0.121. The molecule has 0 bridgehead atoms. The summed E-state index contributed by atoms with van der Waals surface area (Å²) in [5.74, 6) is -0.192. The van der Waals surface area contributed by atoms with Gasteiger partial charge >= 0.3 is 0 Å². The Bertz CT molecular complexity index is 834. The number of hydrogen-bond acceptors (Lipinski definition) is 4. The first-order valence-corrected chi connectivity index (χ1v) is 8.23. The van der Waals surface area contributed by atoms with Gasteiger partial charge < -0.3 is 10.6 Å². The zero-order valence-corrected chi connectivity index (χ0v) is 15.3. The van der Waals surface area contributed by atoms with Crippen molar-refractivity contribution in [1.29, 1.82) is 0 Å². The van der Waals surface area contributed by atoms with Crippen LogP contribution in [-0.2, 0) is 11.3 Å². The fourth-order valence-electron chi connectivity index (χ4n) is 2.50. The van der Waals surface area contributed by atoms with Crippen LogP contribution < -0.4 is 16.2 Å². The van der Waals surface area contributed by atoms with E-state index in [1.807, 2.05) is 6.07 Å². The Kier molecular flexibility index (Phi) is 6.53. The molecule has 2 N–H and O–H groups in total. The summed E-state index contributed by atoms with van der Waals surface area (Å²) >= 11 is 3.34. The van der Waals surface area contributed by atoms with Gasteiger partial charge in [0, 0.05) is 17.6 Å². The third kappa shape index (κ3) is 4.43. The Labute approximate surface area is 153 Å². The second kappa shape index (κ2) is 8.41. The molecule has 1 aliphatic rings. The van der Waals surface area contributed by atoms with Crippen LogP contribution in [-0.4, -0.2) is 35.1 Å². The van der Waals surface area contributed by atoms with Crippen LogP contribution in [0.25, 0.3) is 10.9 Å². The second-order valence-electron chi connectivity index (χ2n) is 5.43. The standard InChI is InChI=1S/C16H17BrN4O2.ClH/c17-12-1-2-14-13(7-12)16(23)21(10-20-14)9-15(22)19-8-11-3-5-18-6-4-11;/h1-3,7,10,18H,4-6,8-9H2,(H,19,22);1H. The van der Waals surface area contributed by atoms with Gasteiger partial charge in [-0.25, -0.2) is 4.98 Å². The number of carbonyl (C=O) groups excluding carboxylic acids is 1. The minimum absolute atomic E-state index is 0. The van der Waals surface area contributed by atoms with Crippen molar-refractivity contribution in [2.45, 2.75) is 13.0 Å². The maximum absolute atomic E-state index is 12.4. The Morgan fingerprint density at radius 1 is 1.42 bits per heavy atom. The number of amides is 1. The average Bonchev–Trinajstić information content (AvgIpc) is 2.57. The molecule has 128 valence electrons. The maximum Gasteiger partial charge on any atom is 0.261 e. The van der Waals surface area contributed by atoms with Crippen LogP contribution in [0.4, 0.5) is 0 Å². The molecule has 0 spiro atoms. The van der Waals surface area contributed by atoms with Crippen LogP contribution in [0.15, 0.2) is 45.4 Å². The third-order valence-corrected chi connectivity index (χ3v) is 4.26. The fraction of sp³-hybridized carbons (Fsp3) is 0.312. The molecule has 1 amide bonds. The molecule has 1 aromatic carbocycles. The quantitative estimate of drug-likeness (QED) is 0.747. The number of carbonyl (C=O) groups is 1. The second-order valence-corrected chi connectivity index (χ2v) is 6.35. The number of rotatable bonds is 4. The first-order chi connectivity index (χ1) is 11.1. The van der Waals surface area contributed by atoms with Crippen LogP contribution in [0.1, 0.15) is 6.42 Å². The van der Waals surface area contributed by atoms with E-state index in [0.717, 1.165) is 24.0 Å². The molecule has 1 aromatic heterocycles.